The monoisotopic (exact) mass is 355 g/mol. The lowest BCUT2D eigenvalue weighted by Crippen LogP contribution is -2.31. The summed E-state index contributed by atoms with van der Waals surface area (Å²) in [5.41, 5.74) is 3.29. The van der Waals surface area contributed by atoms with Crippen molar-refractivity contribution in [1.82, 2.24) is 0 Å². The first-order valence-corrected chi connectivity index (χ1v) is 8.40. The number of benzene rings is 2. The van der Waals surface area contributed by atoms with Crippen LogP contribution >= 0.6 is 11.6 Å². The number of hydrogen-bond donors (Lipinski definition) is 0. The molecule has 2 aromatic carbocycles. The van der Waals surface area contributed by atoms with Gasteiger partial charge in [-0.15, -0.1) is 0 Å². The van der Waals surface area contributed by atoms with Gasteiger partial charge in [-0.05, 0) is 61.7 Å². The summed E-state index contributed by atoms with van der Waals surface area (Å²) in [4.78, 5) is 26.6. The first-order valence-electron chi connectivity index (χ1n) is 8.02. The minimum atomic E-state index is -0.499. The van der Waals surface area contributed by atoms with Gasteiger partial charge in [0.1, 0.15) is 10.8 Å². The van der Waals surface area contributed by atoms with Crippen molar-refractivity contribution in [3.63, 3.8) is 0 Å². The molecular weight excluding hydrogens is 338 g/mol. The van der Waals surface area contributed by atoms with Crippen LogP contribution in [-0.2, 0) is 9.59 Å². The van der Waals surface area contributed by atoms with E-state index in [4.69, 9.17) is 16.3 Å². The Hall–Kier alpha value is -2.59. The molecule has 1 aliphatic heterocycles. The molecule has 2 aromatic rings. The van der Waals surface area contributed by atoms with E-state index in [1.54, 1.807) is 36.4 Å². The van der Waals surface area contributed by atoms with E-state index in [-0.39, 0.29) is 10.6 Å². The molecule has 1 aliphatic rings. The fourth-order valence-electron chi connectivity index (χ4n) is 2.95. The third-order valence-electron chi connectivity index (χ3n) is 3.95. The standard InChI is InChI=1S/C20H18ClNO3/c1-4-25-16-7-5-14(6-8-16)17-18(21)20(24)22(19(17)23)15-10-12(2)9-13(3)11-15/h5-11H,4H2,1-3H3. The van der Waals surface area contributed by atoms with Gasteiger partial charge in [0.25, 0.3) is 11.8 Å². The van der Waals surface area contributed by atoms with E-state index in [0.717, 1.165) is 16.0 Å². The predicted octanol–water partition coefficient (Wildman–Crippen LogP) is 4.23. The molecule has 0 saturated carbocycles. The van der Waals surface area contributed by atoms with Gasteiger partial charge in [0.15, 0.2) is 0 Å². The van der Waals surface area contributed by atoms with E-state index in [0.29, 0.717) is 23.6 Å². The van der Waals surface area contributed by atoms with Crippen LogP contribution in [0.3, 0.4) is 0 Å². The van der Waals surface area contributed by atoms with E-state index >= 15 is 0 Å². The Morgan fingerprint density at radius 1 is 0.960 bits per heavy atom. The van der Waals surface area contributed by atoms with Gasteiger partial charge in [-0.25, -0.2) is 4.90 Å². The Kier molecular flexibility index (Phi) is 4.64. The number of hydrogen-bond acceptors (Lipinski definition) is 3. The number of aryl methyl sites for hydroxylation is 2. The molecule has 0 atom stereocenters. The first-order chi connectivity index (χ1) is 11.9. The maximum atomic E-state index is 12.9. The van der Waals surface area contributed by atoms with Gasteiger partial charge in [0, 0.05) is 0 Å². The second kappa shape index (κ2) is 6.73. The number of carbonyl (C=O) groups is 2. The van der Waals surface area contributed by atoms with Gasteiger partial charge in [0.2, 0.25) is 0 Å². The third kappa shape index (κ3) is 3.17. The minimum Gasteiger partial charge on any atom is -0.494 e. The van der Waals surface area contributed by atoms with Crippen LogP contribution in [0.2, 0.25) is 0 Å². The van der Waals surface area contributed by atoms with Gasteiger partial charge >= 0.3 is 0 Å². The van der Waals surface area contributed by atoms with Gasteiger partial charge in [0.05, 0.1) is 17.9 Å². The molecule has 0 radical (unpaired) electrons. The summed E-state index contributed by atoms with van der Waals surface area (Å²) in [6.07, 6.45) is 0. The van der Waals surface area contributed by atoms with Crippen LogP contribution in [0.25, 0.3) is 5.57 Å². The van der Waals surface area contributed by atoms with Crippen LogP contribution in [0.5, 0.6) is 5.75 Å². The predicted molar refractivity (Wildman–Crippen MR) is 98.8 cm³/mol. The highest BCUT2D eigenvalue weighted by Crippen LogP contribution is 2.35. The zero-order chi connectivity index (χ0) is 18.1. The summed E-state index contributed by atoms with van der Waals surface area (Å²) in [5.74, 6) is -0.212. The average molecular weight is 356 g/mol. The van der Waals surface area contributed by atoms with Crippen LogP contribution in [-0.4, -0.2) is 18.4 Å². The zero-order valence-electron chi connectivity index (χ0n) is 14.3. The summed E-state index contributed by atoms with van der Waals surface area (Å²) >= 11 is 6.22. The topological polar surface area (TPSA) is 46.6 Å². The zero-order valence-corrected chi connectivity index (χ0v) is 15.1. The second-order valence-corrected chi connectivity index (χ2v) is 6.32. The molecule has 0 unspecified atom stereocenters. The highest BCUT2D eigenvalue weighted by Gasteiger charge is 2.39. The van der Waals surface area contributed by atoms with Crippen molar-refractivity contribution in [2.24, 2.45) is 0 Å². The van der Waals surface area contributed by atoms with E-state index in [1.807, 2.05) is 26.8 Å². The van der Waals surface area contributed by atoms with E-state index in [9.17, 15) is 9.59 Å². The van der Waals surface area contributed by atoms with Gasteiger partial charge in [-0.1, -0.05) is 29.8 Å². The summed E-state index contributed by atoms with van der Waals surface area (Å²) in [6, 6.07) is 12.6. The van der Waals surface area contributed by atoms with Crippen molar-refractivity contribution in [3.8, 4) is 5.75 Å². The van der Waals surface area contributed by atoms with Crippen molar-refractivity contribution in [3.05, 3.63) is 64.2 Å². The number of nitrogens with zero attached hydrogens (tertiary/aromatic N) is 1. The molecule has 5 heteroatoms. The molecule has 4 nitrogen and oxygen atoms in total. The molecule has 3 rings (SSSR count). The third-order valence-corrected chi connectivity index (χ3v) is 4.30. The van der Waals surface area contributed by atoms with Crippen molar-refractivity contribution < 1.29 is 14.3 Å². The van der Waals surface area contributed by atoms with Crippen LogP contribution in [0.4, 0.5) is 5.69 Å². The number of imide groups is 1. The normalized spacial score (nSPS) is 14.5. The molecule has 128 valence electrons. The number of amides is 2. The van der Waals surface area contributed by atoms with E-state index in [2.05, 4.69) is 0 Å². The summed E-state index contributed by atoms with van der Waals surface area (Å²) in [6.45, 7) is 6.29. The Morgan fingerprint density at radius 2 is 1.56 bits per heavy atom. The number of ether oxygens (including phenoxy) is 1. The second-order valence-electron chi connectivity index (χ2n) is 5.94. The Bertz CT molecular complexity index is 864. The highest BCUT2D eigenvalue weighted by molar-refractivity contribution is 6.60. The average Bonchev–Trinajstić information content (AvgIpc) is 2.77. The molecule has 0 saturated heterocycles. The lowest BCUT2D eigenvalue weighted by Gasteiger charge is -2.16. The van der Waals surface area contributed by atoms with Crippen molar-refractivity contribution in [2.45, 2.75) is 20.8 Å². The van der Waals surface area contributed by atoms with Gasteiger partial charge in [-0.2, -0.15) is 0 Å². The SMILES string of the molecule is CCOc1ccc(C2=C(Cl)C(=O)N(c3cc(C)cc(C)c3)C2=O)cc1. The van der Waals surface area contributed by atoms with E-state index < -0.39 is 11.8 Å². The van der Waals surface area contributed by atoms with Crippen molar-refractivity contribution in [1.29, 1.82) is 0 Å². The number of anilines is 1. The van der Waals surface area contributed by atoms with Crippen LogP contribution < -0.4 is 9.64 Å². The molecule has 0 aromatic heterocycles. The minimum absolute atomic E-state index is 0.0617. The number of rotatable bonds is 4. The fourth-order valence-corrected chi connectivity index (χ4v) is 3.23. The van der Waals surface area contributed by atoms with Crippen LogP contribution in [0.15, 0.2) is 47.5 Å². The lowest BCUT2D eigenvalue weighted by molar-refractivity contribution is -0.119. The maximum absolute atomic E-state index is 12.9. The summed E-state index contributed by atoms with van der Waals surface area (Å²) < 4.78 is 5.40. The first kappa shape index (κ1) is 17.2. The van der Waals surface area contributed by atoms with E-state index in [1.165, 1.54) is 0 Å². The quantitative estimate of drug-likeness (QED) is 0.771. The Labute approximate surface area is 151 Å². The molecule has 25 heavy (non-hydrogen) atoms. The largest absolute Gasteiger partial charge is 0.494 e. The van der Waals surface area contributed by atoms with Gasteiger partial charge in [-0.3, -0.25) is 9.59 Å². The molecule has 1 heterocycles. The molecule has 0 N–H and O–H groups in total. The number of carbonyl (C=O) groups excluding carboxylic acids is 2. The van der Waals surface area contributed by atoms with Crippen molar-refractivity contribution >= 4 is 34.7 Å². The summed E-state index contributed by atoms with van der Waals surface area (Å²) in [7, 11) is 0. The lowest BCUT2D eigenvalue weighted by atomic mass is 10.1. The molecule has 0 spiro atoms. The highest BCUT2D eigenvalue weighted by atomic mass is 35.5. The van der Waals surface area contributed by atoms with Crippen LogP contribution in [0.1, 0.15) is 23.6 Å². The Morgan fingerprint density at radius 3 is 2.12 bits per heavy atom. The van der Waals surface area contributed by atoms with Crippen LogP contribution in [0, 0.1) is 13.8 Å². The smallest absolute Gasteiger partial charge is 0.277 e. The summed E-state index contributed by atoms with van der Waals surface area (Å²) in [5, 5.41) is -0.0617. The number of halogens is 1. The molecular formula is C20H18ClNO3. The molecule has 0 aliphatic carbocycles. The Balaban J connectivity index is 1.99. The van der Waals surface area contributed by atoms with Crippen molar-refractivity contribution in [2.75, 3.05) is 11.5 Å². The van der Waals surface area contributed by atoms with Gasteiger partial charge < -0.3 is 4.74 Å². The molecule has 0 fully saturated rings. The molecule has 0 bridgehead atoms. The maximum Gasteiger partial charge on any atom is 0.277 e. The fraction of sp³-hybridized carbons (Fsp3) is 0.200. The molecule has 2 amide bonds.